The van der Waals surface area contributed by atoms with Gasteiger partial charge < -0.3 is 4.98 Å². The molecule has 24 heavy (non-hydrogen) atoms. The Balaban J connectivity index is 2.01. The number of pyridine rings is 1. The highest BCUT2D eigenvalue weighted by Crippen LogP contribution is 2.33. The molecule has 9 heteroatoms. The number of nitrogens with zero attached hydrogens (tertiary/aromatic N) is 4. The molecule has 3 aromatic rings. The fraction of sp³-hybridized carbons (Fsp3) is 0.200. The van der Waals surface area contributed by atoms with Crippen LogP contribution >= 0.6 is 11.8 Å². The summed E-state index contributed by atoms with van der Waals surface area (Å²) >= 11 is 1.02. The first kappa shape index (κ1) is 16.4. The molecule has 0 aliphatic rings. The summed E-state index contributed by atoms with van der Waals surface area (Å²) in [6.45, 7) is 1.95. The van der Waals surface area contributed by atoms with Crippen LogP contribution in [0.4, 0.5) is 13.2 Å². The second-order valence-electron chi connectivity index (χ2n) is 4.82. The van der Waals surface area contributed by atoms with Crippen LogP contribution in [0.2, 0.25) is 0 Å². The molecule has 0 aliphatic heterocycles. The lowest BCUT2D eigenvalue weighted by Gasteiger charge is -2.09. The van der Waals surface area contributed by atoms with E-state index in [1.165, 1.54) is 12.4 Å². The zero-order valence-electron chi connectivity index (χ0n) is 12.5. The van der Waals surface area contributed by atoms with Crippen LogP contribution in [0.5, 0.6) is 0 Å². The predicted octanol–water partition coefficient (Wildman–Crippen LogP) is 3.99. The number of rotatable bonds is 4. The average molecular weight is 351 g/mol. The Hall–Kier alpha value is -2.42. The van der Waals surface area contributed by atoms with Crippen LogP contribution in [0.1, 0.15) is 18.3 Å². The molecule has 1 N–H and O–H groups in total. The Labute approximate surface area is 139 Å². The van der Waals surface area contributed by atoms with Crippen molar-refractivity contribution in [2.45, 2.75) is 29.7 Å². The standard InChI is InChI=1S/C15H12F3N5S/c1-2-10-8-20-14(21-10)24-12-6-11(15(16,17)18)22-13(23-12)9-4-3-5-19-7-9/h3-8H,2H2,1H3,(H,20,21). The third kappa shape index (κ3) is 3.73. The van der Waals surface area contributed by atoms with Crippen LogP contribution in [-0.2, 0) is 12.6 Å². The highest BCUT2D eigenvalue weighted by Gasteiger charge is 2.34. The van der Waals surface area contributed by atoms with Crippen molar-refractivity contribution in [3.8, 4) is 11.4 Å². The van der Waals surface area contributed by atoms with Gasteiger partial charge >= 0.3 is 6.18 Å². The van der Waals surface area contributed by atoms with Gasteiger partial charge in [0.2, 0.25) is 0 Å². The average Bonchev–Trinajstić information content (AvgIpc) is 3.02. The van der Waals surface area contributed by atoms with Gasteiger partial charge in [0.15, 0.2) is 11.0 Å². The summed E-state index contributed by atoms with van der Waals surface area (Å²) in [5.41, 5.74) is 0.315. The number of hydrogen-bond acceptors (Lipinski definition) is 5. The Kier molecular flexibility index (Phi) is 4.52. The molecule has 0 fully saturated rings. The largest absolute Gasteiger partial charge is 0.433 e. The highest BCUT2D eigenvalue weighted by atomic mass is 32.2. The van der Waals surface area contributed by atoms with E-state index in [1.54, 1.807) is 18.3 Å². The summed E-state index contributed by atoms with van der Waals surface area (Å²) in [7, 11) is 0. The topological polar surface area (TPSA) is 67.3 Å². The van der Waals surface area contributed by atoms with E-state index < -0.39 is 11.9 Å². The number of halogens is 3. The van der Waals surface area contributed by atoms with Crippen molar-refractivity contribution in [3.63, 3.8) is 0 Å². The van der Waals surface area contributed by atoms with Gasteiger partial charge in [0.25, 0.3) is 0 Å². The minimum absolute atomic E-state index is 0.0253. The van der Waals surface area contributed by atoms with Crippen LogP contribution in [0.25, 0.3) is 11.4 Å². The second-order valence-corrected chi connectivity index (χ2v) is 5.83. The third-order valence-electron chi connectivity index (χ3n) is 3.10. The third-order valence-corrected chi connectivity index (χ3v) is 3.92. The maximum Gasteiger partial charge on any atom is 0.433 e. The monoisotopic (exact) mass is 351 g/mol. The smallest absolute Gasteiger partial charge is 0.337 e. The molecule has 0 bridgehead atoms. The molecule has 124 valence electrons. The van der Waals surface area contributed by atoms with Crippen LogP contribution in [0, 0.1) is 0 Å². The van der Waals surface area contributed by atoms with Crippen molar-refractivity contribution in [3.05, 3.63) is 48.2 Å². The maximum atomic E-state index is 13.1. The summed E-state index contributed by atoms with van der Waals surface area (Å²) in [5, 5.41) is 0.643. The molecule has 0 amide bonds. The molecular formula is C15H12F3N5S. The summed E-state index contributed by atoms with van der Waals surface area (Å²) in [6, 6.07) is 4.14. The van der Waals surface area contributed by atoms with Gasteiger partial charge in [-0.15, -0.1) is 0 Å². The van der Waals surface area contributed by atoms with E-state index in [9.17, 15) is 13.2 Å². The van der Waals surface area contributed by atoms with E-state index in [2.05, 4.69) is 24.9 Å². The van der Waals surface area contributed by atoms with Crippen molar-refractivity contribution < 1.29 is 13.2 Å². The van der Waals surface area contributed by atoms with E-state index >= 15 is 0 Å². The molecule has 3 aromatic heterocycles. The number of aryl methyl sites for hydroxylation is 1. The van der Waals surface area contributed by atoms with Crippen LogP contribution in [0.15, 0.2) is 47.0 Å². The van der Waals surface area contributed by atoms with Gasteiger partial charge in [0, 0.05) is 35.9 Å². The van der Waals surface area contributed by atoms with Gasteiger partial charge in [-0.2, -0.15) is 13.2 Å². The summed E-state index contributed by atoms with van der Waals surface area (Å²) in [6.07, 6.45) is 0.795. The number of nitrogens with one attached hydrogen (secondary N) is 1. The molecule has 3 heterocycles. The number of H-pyrrole nitrogens is 1. The number of imidazole rings is 1. The Morgan fingerprint density at radius 2 is 2.04 bits per heavy atom. The van der Waals surface area contributed by atoms with E-state index in [0.29, 0.717) is 10.7 Å². The number of aromatic amines is 1. The molecule has 0 saturated carbocycles. The summed E-state index contributed by atoms with van der Waals surface area (Å²) in [5.74, 6) is -0.0253. The lowest BCUT2D eigenvalue weighted by molar-refractivity contribution is -0.141. The quantitative estimate of drug-likeness (QED) is 0.720. The first-order valence-electron chi connectivity index (χ1n) is 7.04. The molecule has 0 radical (unpaired) electrons. The van der Waals surface area contributed by atoms with Crippen molar-refractivity contribution in [2.24, 2.45) is 0 Å². The van der Waals surface area contributed by atoms with Gasteiger partial charge in [0.1, 0.15) is 10.7 Å². The second kappa shape index (κ2) is 6.60. The fourth-order valence-electron chi connectivity index (χ4n) is 1.92. The molecular weight excluding hydrogens is 339 g/mol. The Morgan fingerprint density at radius 3 is 2.67 bits per heavy atom. The number of hydrogen-bond donors (Lipinski definition) is 1. The van der Waals surface area contributed by atoms with E-state index in [-0.39, 0.29) is 10.9 Å². The van der Waals surface area contributed by atoms with E-state index in [1.807, 2.05) is 6.92 Å². The lowest BCUT2D eigenvalue weighted by atomic mass is 10.2. The zero-order chi connectivity index (χ0) is 17.2. The fourth-order valence-corrected chi connectivity index (χ4v) is 2.70. The van der Waals surface area contributed by atoms with E-state index in [4.69, 9.17) is 0 Å². The summed E-state index contributed by atoms with van der Waals surface area (Å²) in [4.78, 5) is 18.9. The van der Waals surface area contributed by atoms with Gasteiger partial charge in [-0.25, -0.2) is 15.0 Å². The molecule has 0 aliphatic carbocycles. The SMILES string of the molecule is CCc1cnc(Sc2cc(C(F)(F)F)nc(-c3cccnc3)n2)[nH]1. The van der Waals surface area contributed by atoms with Crippen molar-refractivity contribution in [1.82, 2.24) is 24.9 Å². The lowest BCUT2D eigenvalue weighted by Crippen LogP contribution is -2.10. The molecule has 3 rings (SSSR count). The molecule has 0 atom stereocenters. The van der Waals surface area contributed by atoms with Crippen LogP contribution < -0.4 is 0 Å². The molecule has 0 saturated heterocycles. The normalized spacial score (nSPS) is 11.7. The van der Waals surface area contributed by atoms with Gasteiger partial charge in [-0.05, 0) is 30.3 Å². The van der Waals surface area contributed by atoms with Crippen LogP contribution in [0.3, 0.4) is 0 Å². The van der Waals surface area contributed by atoms with Gasteiger partial charge in [-0.1, -0.05) is 6.92 Å². The minimum Gasteiger partial charge on any atom is -0.337 e. The number of alkyl halides is 3. The highest BCUT2D eigenvalue weighted by molar-refractivity contribution is 7.99. The molecule has 5 nitrogen and oxygen atoms in total. The van der Waals surface area contributed by atoms with Crippen molar-refractivity contribution >= 4 is 11.8 Å². The van der Waals surface area contributed by atoms with Crippen molar-refractivity contribution in [2.75, 3.05) is 0 Å². The predicted molar refractivity (Wildman–Crippen MR) is 82.4 cm³/mol. The number of aromatic nitrogens is 5. The van der Waals surface area contributed by atoms with Crippen LogP contribution in [-0.4, -0.2) is 24.9 Å². The first-order valence-corrected chi connectivity index (χ1v) is 7.86. The Morgan fingerprint density at radius 1 is 1.21 bits per heavy atom. The molecule has 0 unspecified atom stereocenters. The minimum atomic E-state index is -4.56. The maximum absolute atomic E-state index is 13.1. The van der Waals surface area contributed by atoms with E-state index in [0.717, 1.165) is 29.9 Å². The van der Waals surface area contributed by atoms with Crippen molar-refractivity contribution in [1.29, 1.82) is 0 Å². The van der Waals surface area contributed by atoms with Gasteiger partial charge in [0.05, 0.1) is 0 Å². The van der Waals surface area contributed by atoms with Gasteiger partial charge in [-0.3, -0.25) is 4.98 Å². The molecule has 0 aromatic carbocycles. The zero-order valence-corrected chi connectivity index (χ0v) is 13.3. The first-order chi connectivity index (χ1) is 11.5. The molecule has 0 spiro atoms. The Bertz CT molecular complexity index is 833. The summed E-state index contributed by atoms with van der Waals surface area (Å²) < 4.78 is 39.4.